The van der Waals surface area contributed by atoms with Crippen molar-refractivity contribution in [1.29, 1.82) is 0 Å². The van der Waals surface area contributed by atoms with Crippen molar-refractivity contribution in [3.05, 3.63) is 29.8 Å². The maximum absolute atomic E-state index is 11.8. The minimum absolute atomic E-state index is 0.268. The number of hydrogen-bond acceptors (Lipinski definition) is 3. The Morgan fingerprint density at radius 3 is 2.50 bits per heavy atom. The Labute approximate surface area is 109 Å². The third-order valence-corrected chi connectivity index (χ3v) is 3.63. The summed E-state index contributed by atoms with van der Waals surface area (Å²) in [4.78, 5) is 0. The van der Waals surface area contributed by atoms with Crippen molar-refractivity contribution < 1.29 is 8.42 Å². The van der Waals surface area contributed by atoms with E-state index >= 15 is 0 Å². The summed E-state index contributed by atoms with van der Waals surface area (Å²) < 4.78 is 28.6. The van der Waals surface area contributed by atoms with Gasteiger partial charge >= 0.3 is 0 Å². The summed E-state index contributed by atoms with van der Waals surface area (Å²) in [6.45, 7) is 6.09. The van der Waals surface area contributed by atoms with E-state index in [0.717, 1.165) is 5.56 Å². The average molecular weight is 271 g/mol. The highest BCUT2D eigenvalue weighted by Gasteiger charge is 2.15. The van der Waals surface area contributed by atoms with Gasteiger partial charge in [-0.25, -0.2) is 4.72 Å². The summed E-state index contributed by atoms with van der Waals surface area (Å²) in [7, 11) is -3.48. The minimum Gasteiger partial charge on any atom is -0.399 e. The van der Waals surface area contributed by atoms with Gasteiger partial charge < -0.3 is 5.73 Å². The molecule has 0 amide bonds. The molecule has 1 rings (SSSR count). The Balaban J connectivity index is 2.66. The Morgan fingerprint density at radius 1 is 1.28 bits per heavy atom. The van der Waals surface area contributed by atoms with E-state index in [9.17, 15) is 8.42 Å². The fourth-order valence-electron chi connectivity index (χ4n) is 1.45. The number of rotatable bonds is 6. The highest BCUT2D eigenvalue weighted by molar-refractivity contribution is 7.87. The van der Waals surface area contributed by atoms with Gasteiger partial charge in [0.2, 0.25) is 0 Å². The molecule has 18 heavy (non-hydrogen) atoms. The largest absolute Gasteiger partial charge is 0.399 e. The molecule has 0 radical (unpaired) electrons. The molecule has 0 aliphatic rings. The molecule has 102 valence electrons. The van der Waals surface area contributed by atoms with Crippen LogP contribution in [0, 0.1) is 5.92 Å². The molecule has 1 unspecified atom stereocenters. The second-order valence-electron chi connectivity index (χ2n) is 4.76. The summed E-state index contributed by atoms with van der Waals surface area (Å²) >= 11 is 0. The molecular formula is C12H21N3O2S. The average Bonchev–Trinajstić information content (AvgIpc) is 2.26. The van der Waals surface area contributed by atoms with Crippen LogP contribution in [0.2, 0.25) is 0 Å². The lowest BCUT2D eigenvalue weighted by Gasteiger charge is -2.16. The van der Waals surface area contributed by atoms with Gasteiger partial charge in [0.25, 0.3) is 10.2 Å². The van der Waals surface area contributed by atoms with Crippen LogP contribution < -0.4 is 15.2 Å². The molecule has 1 atom stereocenters. The van der Waals surface area contributed by atoms with Crippen molar-refractivity contribution in [2.75, 3.05) is 12.3 Å². The van der Waals surface area contributed by atoms with Gasteiger partial charge in [0.1, 0.15) is 0 Å². The summed E-state index contributed by atoms with van der Waals surface area (Å²) in [6, 6.07) is 6.85. The van der Waals surface area contributed by atoms with E-state index in [-0.39, 0.29) is 12.0 Å². The summed E-state index contributed by atoms with van der Waals surface area (Å²) in [6.07, 6.45) is 0. The Morgan fingerprint density at radius 2 is 1.94 bits per heavy atom. The standard InChI is InChI=1S/C12H21N3O2S/c1-9(2)8-14-18(16,17)15-10(3)11-5-4-6-12(13)7-11/h4-7,9-10,14-15H,8,13H2,1-3H3. The summed E-state index contributed by atoms with van der Waals surface area (Å²) in [5.74, 6) is 0.268. The fraction of sp³-hybridized carbons (Fsp3) is 0.500. The van der Waals surface area contributed by atoms with Gasteiger partial charge in [0.15, 0.2) is 0 Å². The van der Waals surface area contributed by atoms with Crippen molar-refractivity contribution >= 4 is 15.9 Å². The van der Waals surface area contributed by atoms with Crippen LogP contribution >= 0.6 is 0 Å². The molecule has 0 bridgehead atoms. The highest BCUT2D eigenvalue weighted by Crippen LogP contribution is 2.15. The maximum Gasteiger partial charge on any atom is 0.277 e. The number of hydrogen-bond donors (Lipinski definition) is 3. The highest BCUT2D eigenvalue weighted by atomic mass is 32.2. The molecule has 0 spiro atoms. The third-order valence-electron chi connectivity index (χ3n) is 2.42. The topological polar surface area (TPSA) is 84.2 Å². The van der Waals surface area contributed by atoms with Crippen molar-refractivity contribution in [2.45, 2.75) is 26.8 Å². The maximum atomic E-state index is 11.8. The van der Waals surface area contributed by atoms with E-state index in [4.69, 9.17) is 5.73 Å². The lowest BCUT2D eigenvalue weighted by atomic mass is 10.1. The van der Waals surface area contributed by atoms with E-state index in [1.54, 1.807) is 25.1 Å². The van der Waals surface area contributed by atoms with Crippen LogP contribution in [0.4, 0.5) is 5.69 Å². The van der Waals surface area contributed by atoms with Gasteiger partial charge in [-0.1, -0.05) is 26.0 Å². The van der Waals surface area contributed by atoms with Gasteiger partial charge in [-0.05, 0) is 30.5 Å². The monoisotopic (exact) mass is 271 g/mol. The van der Waals surface area contributed by atoms with Crippen LogP contribution in [-0.4, -0.2) is 15.0 Å². The lowest BCUT2D eigenvalue weighted by Crippen LogP contribution is -2.39. The van der Waals surface area contributed by atoms with Crippen molar-refractivity contribution in [1.82, 2.24) is 9.44 Å². The third kappa shape index (κ3) is 5.03. The van der Waals surface area contributed by atoms with E-state index in [1.165, 1.54) is 0 Å². The molecule has 0 aliphatic heterocycles. The van der Waals surface area contributed by atoms with Gasteiger partial charge in [0, 0.05) is 18.3 Å². The van der Waals surface area contributed by atoms with Crippen LogP contribution in [0.3, 0.4) is 0 Å². The van der Waals surface area contributed by atoms with E-state index < -0.39 is 10.2 Å². The van der Waals surface area contributed by atoms with Crippen LogP contribution in [-0.2, 0) is 10.2 Å². The van der Waals surface area contributed by atoms with Crippen molar-refractivity contribution in [3.8, 4) is 0 Å². The molecule has 6 heteroatoms. The Bertz CT molecular complexity index is 486. The van der Waals surface area contributed by atoms with E-state index in [2.05, 4.69) is 9.44 Å². The molecule has 1 aromatic carbocycles. The quantitative estimate of drug-likeness (QED) is 0.684. The number of benzene rings is 1. The fourth-order valence-corrected chi connectivity index (χ4v) is 2.68. The van der Waals surface area contributed by atoms with Gasteiger partial charge in [0.05, 0.1) is 0 Å². The Kier molecular flexibility index (Phi) is 5.13. The number of anilines is 1. The van der Waals surface area contributed by atoms with Crippen LogP contribution in [0.1, 0.15) is 32.4 Å². The molecule has 0 aromatic heterocycles. The van der Waals surface area contributed by atoms with Crippen molar-refractivity contribution in [2.24, 2.45) is 5.92 Å². The minimum atomic E-state index is -3.48. The number of nitrogens with one attached hydrogen (secondary N) is 2. The molecule has 0 fully saturated rings. The SMILES string of the molecule is CC(C)CNS(=O)(=O)NC(C)c1cccc(N)c1. The second-order valence-corrected chi connectivity index (χ2v) is 6.29. The molecule has 5 nitrogen and oxygen atoms in total. The van der Waals surface area contributed by atoms with Gasteiger partial charge in [-0.15, -0.1) is 0 Å². The Hall–Kier alpha value is -1.11. The van der Waals surface area contributed by atoms with E-state index in [1.807, 2.05) is 19.9 Å². The van der Waals surface area contributed by atoms with Crippen LogP contribution in [0.25, 0.3) is 0 Å². The molecule has 1 aromatic rings. The zero-order valence-corrected chi connectivity index (χ0v) is 11.8. The summed E-state index contributed by atoms with van der Waals surface area (Å²) in [5, 5.41) is 0. The van der Waals surface area contributed by atoms with E-state index in [0.29, 0.717) is 12.2 Å². The number of nitrogen functional groups attached to an aromatic ring is 1. The first-order valence-electron chi connectivity index (χ1n) is 5.92. The lowest BCUT2D eigenvalue weighted by molar-refractivity contribution is 0.536. The smallest absolute Gasteiger partial charge is 0.277 e. The molecule has 0 aliphatic carbocycles. The molecule has 0 saturated heterocycles. The van der Waals surface area contributed by atoms with Gasteiger partial charge in [-0.2, -0.15) is 13.1 Å². The van der Waals surface area contributed by atoms with Crippen molar-refractivity contribution in [3.63, 3.8) is 0 Å². The summed E-state index contributed by atoms with van der Waals surface area (Å²) in [5.41, 5.74) is 7.12. The normalized spacial score (nSPS) is 13.8. The second kappa shape index (κ2) is 6.17. The molecular weight excluding hydrogens is 250 g/mol. The zero-order valence-electron chi connectivity index (χ0n) is 11.0. The van der Waals surface area contributed by atoms with Gasteiger partial charge in [-0.3, -0.25) is 0 Å². The predicted octanol–water partition coefficient (Wildman–Crippen LogP) is 1.41. The first kappa shape index (κ1) is 14.9. The predicted molar refractivity (Wildman–Crippen MR) is 74.2 cm³/mol. The van der Waals surface area contributed by atoms with Crippen LogP contribution in [0.15, 0.2) is 24.3 Å². The molecule has 0 saturated carbocycles. The first-order chi connectivity index (χ1) is 8.30. The molecule has 4 N–H and O–H groups in total. The number of nitrogens with two attached hydrogens (primary N) is 1. The first-order valence-corrected chi connectivity index (χ1v) is 7.41. The van der Waals surface area contributed by atoms with Crippen LogP contribution in [0.5, 0.6) is 0 Å². The zero-order chi connectivity index (χ0) is 13.8. The molecule has 0 heterocycles.